The van der Waals surface area contributed by atoms with Crippen molar-refractivity contribution in [2.24, 2.45) is 0 Å². The van der Waals surface area contributed by atoms with Crippen molar-refractivity contribution in [2.75, 3.05) is 14.2 Å². The molecule has 2 amide bonds. The Balaban J connectivity index is 2.07. The van der Waals surface area contributed by atoms with Crippen LogP contribution >= 0.6 is 15.9 Å². The molecule has 1 aromatic heterocycles. The zero-order valence-corrected chi connectivity index (χ0v) is 17.4. The van der Waals surface area contributed by atoms with Crippen molar-refractivity contribution in [1.29, 1.82) is 5.26 Å². The number of carbonyl (C=O) groups is 3. The van der Waals surface area contributed by atoms with Crippen LogP contribution in [0.1, 0.15) is 23.0 Å². The van der Waals surface area contributed by atoms with E-state index >= 15 is 0 Å². The molecule has 0 saturated heterocycles. The highest BCUT2D eigenvalue weighted by atomic mass is 79.9. The third-order valence-electron chi connectivity index (χ3n) is 4.51. The Bertz CT molecular complexity index is 1150. The Labute approximate surface area is 175 Å². The minimum atomic E-state index is -0.634. The monoisotopic (exact) mass is 454 g/mol. The van der Waals surface area contributed by atoms with Gasteiger partial charge in [0.25, 0.3) is 11.8 Å². The number of esters is 1. The molecule has 146 valence electrons. The number of amides is 2. The minimum Gasteiger partial charge on any atom is -0.465 e. The van der Waals surface area contributed by atoms with Crippen LogP contribution < -0.4 is 0 Å². The molecule has 0 saturated carbocycles. The first-order chi connectivity index (χ1) is 13.8. The van der Waals surface area contributed by atoms with Crippen molar-refractivity contribution in [3.05, 3.63) is 62.8 Å². The molecule has 7 nitrogen and oxygen atoms in total. The summed E-state index contributed by atoms with van der Waals surface area (Å²) < 4.78 is 11.3. The molecule has 1 aliphatic heterocycles. The second-order valence-electron chi connectivity index (χ2n) is 6.22. The SMILES string of the molecule is COC(=O)c1cc(Br)ccc1-c1ccc(/C=C2/C(=O)N(C)C(=O)C(C#N)=C2C)o1. The number of methoxy groups -OCH3 is 1. The number of nitrogens with zero attached hydrogens (tertiary/aromatic N) is 2. The summed E-state index contributed by atoms with van der Waals surface area (Å²) in [5.41, 5.74) is 1.23. The number of ether oxygens (including phenoxy) is 1. The van der Waals surface area contributed by atoms with Gasteiger partial charge in [0, 0.05) is 22.7 Å². The van der Waals surface area contributed by atoms with Crippen LogP contribution in [-0.2, 0) is 14.3 Å². The van der Waals surface area contributed by atoms with Crippen molar-refractivity contribution in [3.63, 3.8) is 0 Å². The molecule has 0 unspecified atom stereocenters. The molecule has 2 aromatic rings. The summed E-state index contributed by atoms with van der Waals surface area (Å²) in [7, 11) is 2.61. The first kappa shape index (κ1) is 20.3. The van der Waals surface area contributed by atoms with Gasteiger partial charge >= 0.3 is 5.97 Å². The molecule has 0 radical (unpaired) electrons. The quantitative estimate of drug-likeness (QED) is 0.397. The van der Waals surface area contributed by atoms with Gasteiger partial charge in [-0.15, -0.1) is 0 Å². The Morgan fingerprint density at radius 1 is 1.24 bits per heavy atom. The largest absolute Gasteiger partial charge is 0.465 e. The zero-order chi connectivity index (χ0) is 21.3. The van der Waals surface area contributed by atoms with E-state index < -0.39 is 17.8 Å². The number of halogens is 1. The van der Waals surface area contributed by atoms with Gasteiger partial charge in [0.2, 0.25) is 0 Å². The number of hydrogen-bond acceptors (Lipinski definition) is 6. The Morgan fingerprint density at radius 3 is 2.62 bits per heavy atom. The first-order valence-electron chi connectivity index (χ1n) is 8.42. The van der Waals surface area contributed by atoms with Crippen molar-refractivity contribution in [1.82, 2.24) is 4.90 Å². The maximum Gasteiger partial charge on any atom is 0.338 e. The standard InChI is InChI=1S/C21H15BrN2O5/c1-11-15(19(25)24(2)20(26)17(11)10-23)9-13-5-7-18(29-13)14-6-4-12(22)8-16(14)21(27)28-3/h4-9H,1-3H3/b15-9+. The maximum absolute atomic E-state index is 12.5. The van der Waals surface area contributed by atoms with Crippen molar-refractivity contribution in [3.8, 4) is 17.4 Å². The van der Waals surface area contributed by atoms with E-state index in [-0.39, 0.29) is 16.7 Å². The molecule has 2 heterocycles. The van der Waals surface area contributed by atoms with Crippen molar-refractivity contribution in [2.45, 2.75) is 6.92 Å². The van der Waals surface area contributed by atoms with Gasteiger partial charge in [0.15, 0.2) is 0 Å². The number of benzene rings is 1. The molecule has 0 fully saturated rings. The fourth-order valence-electron chi connectivity index (χ4n) is 2.93. The number of rotatable bonds is 3. The van der Waals surface area contributed by atoms with E-state index in [9.17, 15) is 19.6 Å². The van der Waals surface area contributed by atoms with Crippen molar-refractivity contribution >= 4 is 39.8 Å². The van der Waals surface area contributed by atoms with Gasteiger partial charge in [-0.2, -0.15) is 5.26 Å². The molecule has 0 aliphatic carbocycles. The number of likely N-dealkylation sites (N-methyl/N-ethyl adjacent to an activating group) is 1. The van der Waals surface area contributed by atoms with Gasteiger partial charge in [-0.1, -0.05) is 15.9 Å². The average molecular weight is 455 g/mol. The van der Waals surface area contributed by atoms with Crippen LogP contribution in [0.25, 0.3) is 17.4 Å². The van der Waals surface area contributed by atoms with Crippen LogP contribution in [0.15, 0.2) is 55.9 Å². The maximum atomic E-state index is 12.5. The molecule has 8 heteroatoms. The molecule has 0 atom stereocenters. The highest BCUT2D eigenvalue weighted by Crippen LogP contribution is 2.31. The van der Waals surface area contributed by atoms with Gasteiger partial charge in [-0.3, -0.25) is 14.5 Å². The Morgan fingerprint density at radius 2 is 1.97 bits per heavy atom. The normalized spacial score (nSPS) is 15.7. The van der Waals surface area contributed by atoms with Crippen LogP contribution in [-0.4, -0.2) is 36.8 Å². The lowest BCUT2D eigenvalue weighted by Crippen LogP contribution is -2.39. The molecular weight excluding hydrogens is 440 g/mol. The molecule has 1 aliphatic rings. The molecular formula is C21H15BrN2O5. The van der Waals surface area contributed by atoms with E-state index in [1.807, 2.05) is 6.07 Å². The van der Waals surface area contributed by atoms with E-state index in [0.29, 0.717) is 27.1 Å². The predicted molar refractivity (Wildman–Crippen MR) is 107 cm³/mol. The lowest BCUT2D eigenvalue weighted by Gasteiger charge is -2.23. The van der Waals surface area contributed by atoms with E-state index in [1.165, 1.54) is 20.2 Å². The lowest BCUT2D eigenvalue weighted by molar-refractivity contribution is -0.138. The van der Waals surface area contributed by atoms with E-state index in [4.69, 9.17) is 9.15 Å². The summed E-state index contributed by atoms with van der Waals surface area (Å²) in [5, 5.41) is 9.24. The highest BCUT2D eigenvalue weighted by molar-refractivity contribution is 9.10. The first-order valence-corrected chi connectivity index (χ1v) is 9.21. The smallest absolute Gasteiger partial charge is 0.338 e. The molecule has 0 bridgehead atoms. The number of carbonyl (C=O) groups excluding carboxylic acids is 3. The lowest BCUT2D eigenvalue weighted by atomic mass is 9.95. The average Bonchev–Trinajstić information content (AvgIpc) is 3.18. The minimum absolute atomic E-state index is 0.0917. The fourth-order valence-corrected chi connectivity index (χ4v) is 3.29. The Hall–Kier alpha value is -3.44. The summed E-state index contributed by atoms with van der Waals surface area (Å²) in [6.07, 6.45) is 1.47. The second-order valence-corrected chi connectivity index (χ2v) is 7.14. The highest BCUT2D eigenvalue weighted by Gasteiger charge is 2.33. The van der Waals surface area contributed by atoms with Gasteiger partial charge in [-0.25, -0.2) is 4.79 Å². The molecule has 0 spiro atoms. The van der Waals surface area contributed by atoms with Crippen LogP contribution in [0.3, 0.4) is 0 Å². The van der Waals surface area contributed by atoms with Crippen LogP contribution in [0.5, 0.6) is 0 Å². The number of imide groups is 1. The van der Waals surface area contributed by atoms with Gasteiger partial charge in [-0.05, 0) is 48.9 Å². The summed E-state index contributed by atoms with van der Waals surface area (Å²) in [5.74, 6) is -0.938. The molecule has 1 aromatic carbocycles. The van der Waals surface area contributed by atoms with Gasteiger partial charge in [0.05, 0.1) is 12.7 Å². The molecule has 29 heavy (non-hydrogen) atoms. The van der Waals surface area contributed by atoms with Crippen LogP contribution in [0.2, 0.25) is 0 Å². The van der Waals surface area contributed by atoms with E-state index in [1.54, 1.807) is 37.3 Å². The summed E-state index contributed by atoms with van der Waals surface area (Å²) in [6.45, 7) is 1.54. The summed E-state index contributed by atoms with van der Waals surface area (Å²) in [4.78, 5) is 37.5. The summed E-state index contributed by atoms with van der Waals surface area (Å²) in [6, 6.07) is 10.2. The van der Waals surface area contributed by atoms with E-state index in [0.717, 1.165) is 4.90 Å². The predicted octanol–water partition coefficient (Wildman–Crippen LogP) is 3.72. The molecule has 0 N–H and O–H groups in total. The van der Waals surface area contributed by atoms with Crippen LogP contribution in [0, 0.1) is 11.3 Å². The second kappa shape index (κ2) is 7.89. The van der Waals surface area contributed by atoms with Crippen molar-refractivity contribution < 1.29 is 23.5 Å². The Kier molecular flexibility index (Phi) is 5.52. The van der Waals surface area contributed by atoms with Gasteiger partial charge < -0.3 is 9.15 Å². The topological polar surface area (TPSA) is 101 Å². The number of furan rings is 1. The van der Waals surface area contributed by atoms with Crippen LogP contribution in [0.4, 0.5) is 0 Å². The fraction of sp³-hybridized carbons (Fsp3) is 0.143. The third kappa shape index (κ3) is 3.65. The number of hydrogen-bond donors (Lipinski definition) is 0. The van der Waals surface area contributed by atoms with E-state index in [2.05, 4.69) is 15.9 Å². The molecule has 3 rings (SSSR count). The number of nitriles is 1. The third-order valence-corrected chi connectivity index (χ3v) is 5.00. The zero-order valence-electron chi connectivity index (χ0n) is 15.8. The summed E-state index contributed by atoms with van der Waals surface area (Å²) >= 11 is 3.32. The van der Waals surface area contributed by atoms with Gasteiger partial charge in [0.1, 0.15) is 23.2 Å².